The molecule has 0 amide bonds. The Morgan fingerprint density at radius 2 is 2.13 bits per heavy atom. The van der Waals surface area contributed by atoms with Gasteiger partial charge in [-0.1, -0.05) is 0 Å². The van der Waals surface area contributed by atoms with E-state index >= 15 is 0 Å². The van der Waals surface area contributed by atoms with E-state index in [1.807, 2.05) is 37.5 Å². The minimum Gasteiger partial charge on any atom is -0.494 e. The van der Waals surface area contributed by atoms with Crippen LogP contribution in [0.2, 0.25) is 0 Å². The van der Waals surface area contributed by atoms with Gasteiger partial charge in [0.1, 0.15) is 11.5 Å². The van der Waals surface area contributed by atoms with Gasteiger partial charge in [-0.15, -0.1) is 0 Å². The van der Waals surface area contributed by atoms with Crippen molar-refractivity contribution in [3.63, 3.8) is 0 Å². The number of aliphatic hydroxyl groups is 1. The highest BCUT2D eigenvalue weighted by Crippen LogP contribution is 2.24. The van der Waals surface area contributed by atoms with Crippen molar-refractivity contribution >= 4 is 17.2 Å². The zero-order chi connectivity index (χ0) is 16.1. The molecule has 1 aromatic rings. The van der Waals surface area contributed by atoms with Gasteiger partial charge in [0.15, 0.2) is 5.84 Å². The molecule has 0 saturated heterocycles. The summed E-state index contributed by atoms with van der Waals surface area (Å²) in [4.78, 5) is 9.03. The molecule has 23 heavy (non-hydrogen) atoms. The molecule has 3 rings (SSSR count). The van der Waals surface area contributed by atoms with Gasteiger partial charge in [0.05, 0.1) is 18.3 Å². The van der Waals surface area contributed by atoms with Crippen LogP contribution >= 0.6 is 0 Å². The van der Waals surface area contributed by atoms with Gasteiger partial charge in [0, 0.05) is 38.0 Å². The van der Waals surface area contributed by atoms with Gasteiger partial charge >= 0.3 is 0 Å². The van der Waals surface area contributed by atoms with Crippen molar-refractivity contribution < 1.29 is 9.84 Å². The Labute approximate surface area is 135 Å². The molecule has 0 spiro atoms. The van der Waals surface area contributed by atoms with Gasteiger partial charge in [-0.05, 0) is 30.3 Å². The second-order valence-corrected chi connectivity index (χ2v) is 5.19. The van der Waals surface area contributed by atoms with Crippen LogP contribution in [-0.2, 0) is 0 Å². The van der Waals surface area contributed by atoms with E-state index in [4.69, 9.17) is 9.84 Å². The Balaban J connectivity index is 1.79. The number of aliphatic imine (C=N–C) groups is 2. The molecule has 3 N–H and O–H groups in total. The Hall–Kier alpha value is -2.60. The van der Waals surface area contributed by atoms with E-state index in [-0.39, 0.29) is 12.6 Å². The topological polar surface area (TPSA) is 78.2 Å². The van der Waals surface area contributed by atoms with Crippen LogP contribution in [0.15, 0.2) is 52.7 Å². The summed E-state index contributed by atoms with van der Waals surface area (Å²) in [6.07, 6.45) is 6.26. The molecular formula is C17H20N4O2. The Morgan fingerprint density at radius 1 is 1.30 bits per heavy atom. The molecule has 0 radical (unpaired) electrons. The van der Waals surface area contributed by atoms with Crippen LogP contribution < -0.4 is 15.4 Å². The number of nitrogens with zero attached hydrogens (tertiary/aromatic N) is 2. The van der Waals surface area contributed by atoms with Crippen molar-refractivity contribution in [3.8, 4) is 5.75 Å². The van der Waals surface area contributed by atoms with Gasteiger partial charge in [-0.3, -0.25) is 4.99 Å². The van der Waals surface area contributed by atoms with Crippen LogP contribution in [0.4, 0.5) is 0 Å². The van der Waals surface area contributed by atoms with Crippen molar-refractivity contribution in [2.75, 3.05) is 20.3 Å². The summed E-state index contributed by atoms with van der Waals surface area (Å²) in [5, 5.41) is 15.2. The van der Waals surface area contributed by atoms with Gasteiger partial charge in [-0.25, -0.2) is 4.99 Å². The summed E-state index contributed by atoms with van der Waals surface area (Å²) in [6, 6.07) is 7.82. The first-order valence-corrected chi connectivity index (χ1v) is 7.63. The number of hydrogen-bond acceptors (Lipinski definition) is 6. The first-order valence-electron chi connectivity index (χ1n) is 7.63. The van der Waals surface area contributed by atoms with E-state index in [0.29, 0.717) is 13.0 Å². The van der Waals surface area contributed by atoms with Crippen LogP contribution in [0.25, 0.3) is 5.70 Å². The molecule has 6 nitrogen and oxygen atoms in total. The monoisotopic (exact) mass is 312 g/mol. The fourth-order valence-corrected chi connectivity index (χ4v) is 2.45. The fourth-order valence-electron chi connectivity index (χ4n) is 2.45. The Morgan fingerprint density at radius 3 is 2.87 bits per heavy atom. The molecule has 120 valence electrons. The lowest BCUT2D eigenvalue weighted by molar-refractivity contribution is 0.233. The van der Waals surface area contributed by atoms with E-state index in [9.17, 15) is 0 Å². The molecule has 1 aromatic carbocycles. The molecule has 1 unspecified atom stereocenters. The highest BCUT2D eigenvalue weighted by Gasteiger charge is 2.24. The summed E-state index contributed by atoms with van der Waals surface area (Å²) >= 11 is 0. The minimum atomic E-state index is 0.0235. The van der Waals surface area contributed by atoms with Crippen LogP contribution in [0.5, 0.6) is 5.75 Å². The highest BCUT2D eigenvalue weighted by molar-refractivity contribution is 6.45. The minimum absolute atomic E-state index is 0.0235. The Bertz CT molecular complexity index is 674. The largest absolute Gasteiger partial charge is 0.494 e. The van der Waals surface area contributed by atoms with Gasteiger partial charge in [0.2, 0.25) is 0 Å². The van der Waals surface area contributed by atoms with Gasteiger partial charge in [0.25, 0.3) is 0 Å². The third-order valence-corrected chi connectivity index (χ3v) is 3.62. The summed E-state index contributed by atoms with van der Waals surface area (Å²) in [5.41, 5.74) is 2.80. The van der Waals surface area contributed by atoms with Crippen LogP contribution in [0.3, 0.4) is 0 Å². The maximum Gasteiger partial charge on any atom is 0.150 e. The second-order valence-electron chi connectivity index (χ2n) is 5.19. The second kappa shape index (κ2) is 7.11. The molecule has 2 aliphatic heterocycles. The standard InChI is InChI=1S/C17H20N4O2/c1-18-17-16-15(19-7-8-20-16)11-14(21-17)12-3-5-13(6-4-12)23-10-2-9-22/h3-8,11,15,19,22H,2,9-10H2,1H3,(H,18,21). The number of ether oxygens (including phenoxy) is 1. The number of aliphatic hydroxyl groups excluding tert-OH is 1. The van der Waals surface area contributed by atoms with Gasteiger partial charge < -0.3 is 20.5 Å². The fraction of sp³-hybridized carbons (Fsp3) is 0.294. The molecule has 6 heteroatoms. The highest BCUT2D eigenvalue weighted by atomic mass is 16.5. The Kier molecular flexibility index (Phi) is 4.73. The van der Waals surface area contributed by atoms with E-state index in [1.165, 1.54) is 0 Å². The van der Waals surface area contributed by atoms with E-state index < -0.39 is 0 Å². The smallest absolute Gasteiger partial charge is 0.150 e. The molecular weight excluding hydrogens is 292 g/mol. The lowest BCUT2D eigenvalue weighted by Gasteiger charge is -2.25. The molecule has 0 aliphatic carbocycles. The van der Waals surface area contributed by atoms with Crippen LogP contribution in [0.1, 0.15) is 12.0 Å². The van der Waals surface area contributed by atoms with Crippen LogP contribution in [0, 0.1) is 0 Å². The number of fused-ring (bicyclic) bond motifs is 1. The maximum absolute atomic E-state index is 8.77. The maximum atomic E-state index is 8.77. The average Bonchev–Trinajstić information content (AvgIpc) is 2.61. The first-order chi connectivity index (χ1) is 11.3. The summed E-state index contributed by atoms with van der Waals surface area (Å²) in [7, 11) is 1.85. The van der Waals surface area contributed by atoms with E-state index in [0.717, 1.165) is 28.6 Å². The van der Waals surface area contributed by atoms with Crippen molar-refractivity contribution in [2.24, 2.45) is 9.98 Å². The third kappa shape index (κ3) is 3.43. The molecule has 1 atom stereocenters. The zero-order valence-electron chi connectivity index (χ0n) is 13.0. The molecule has 0 fully saturated rings. The molecule has 0 aromatic heterocycles. The molecule has 2 aliphatic rings. The number of rotatable bonds is 5. The molecule has 0 bridgehead atoms. The third-order valence-electron chi connectivity index (χ3n) is 3.62. The molecule has 2 heterocycles. The van der Waals surface area contributed by atoms with Crippen molar-refractivity contribution in [3.05, 3.63) is 48.3 Å². The van der Waals surface area contributed by atoms with E-state index in [2.05, 4.69) is 26.7 Å². The van der Waals surface area contributed by atoms with Gasteiger partial charge in [-0.2, -0.15) is 0 Å². The van der Waals surface area contributed by atoms with Crippen molar-refractivity contribution in [2.45, 2.75) is 12.5 Å². The normalized spacial score (nSPS) is 19.0. The summed E-state index contributed by atoms with van der Waals surface area (Å²) < 4.78 is 5.55. The number of hydrogen-bond donors (Lipinski definition) is 3. The van der Waals surface area contributed by atoms with Crippen molar-refractivity contribution in [1.82, 2.24) is 10.6 Å². The lowest BCUT2D eigenvalue weighted by atomic mass is 10.0. The quantitative estimate of drug-likeness (QED) is 0.716. The summed E-state index contributed by atoms with van der Waals surface area (Å²) in [5.74, 6) is 1.56. The number of benzene rings is 1. The average molecular weight is 312 g/mol. The first kappa shape index (κ1) is 15.3. The number of nitrogens with one attached hydrogen (secondary N) is 2. The summed E-state index contributed by atoms with van der Waals surface area (Å²) in [6.45, 7) is 0.651. The van der Waals surface area contributed by atoms with E-state index in [1.54, 1.807) is 6.20 Å². The zero-order valence-corrected chi connectivity index (χ0v) is 13.0. The van der Waals surface area contributed by atoms with Crippen LogP contribution in [-0.4, -0.2) is 43.0 Å². The number of amidine groups is 1. The lowest BCUT2D eigenvalue weighted by Crippen LogP contribution is -2.45. The molecule has 0 saturated carbocycles. The SMILES string of the molecule is CNC1=NC(c2ccc(OCCCO)cc2)=CC2NC=CN=C12. The predicted molar refractivity (Wildman–Crippen MR) is 91.6 cm³/mol. The van der Waals surface area contributed by atoms with Crippen molar-refractivity contribution in [1.29, 1.82) is 0 Å². The predicted octanol–water partition coefficient (Wildman–Crippen LogP) is 1.30.